The standard InChI is InChI=1S/C25H32N7O4S/c1-15(31-37(35,36)19-10-9-16-6-3-4-7-17(16)12-19)22(33)20-21(25(20,28)14-30-24(26)27)23(34)32(2)18-8-5-11-29-13-18/h3-4,6-7,9-10,12,14-15,18,20-21,28-29,31H,5,8,11,13H2,1-2H3,(H3,26,27)/t15-,18?,20?,21+,25?/m1/s1. The zero-order valence-electron chi connectivity index (χ0n) is 20.8. The molecule has 5 atom stereocenters. The summed E-state index contributed by atoms with van der Waals surface area (Å²) >= 11 is 0. The number of benzene rings is 2. The van der Waals surface area contributed by atoms with Crippen LogP contribution in [-0.4, -0.2) is 74.9 Å². The summed E-state index contributed by atoms with van der Waals surface area (Å²) in [5.74, 6) is -3.71. The quantitative estimate of drug-likeness (QED) is 0.287. The molecule has 1 amide bonds. The first kappa shape index (κ1) is 26.9. The monoisotopic (exact) mass is 526 g/mol. The van der Waals surface area contributed by atoms with Crippen molar-refractivity contribution in [1.82, 2.24) is 20.7 Å². The van der Waals surface area contributed by atoms with E-state index >= 15 is 0 Å². The highest BCUT2D eigenvalue weighted by molar-refractivity contribution is 7.89. The minimum absolute atomic E-state index is 0.00841. The number of sulfonamides is 1. The number of aliphatic imine (C=N–C) groups is 1. The number of likely N-dealkylation sites (N-methyl/N-ethyl adjacent to an activating group) is 1. The van der Waals surface area contributed by atoms with E-state index in [1.54, 1.807) is 30.1 Å². The second-order valence-electron chi connectivity index (χ2n) is 9.74. The molecule has 1 aliphatic heterocycles. The van der Waals surface area contributed by atoms with Crippen LogP contribution in [0.1, 0.15) is 19.8 Å². The third-order valence-electron chi connectivity index (χ3n) is 7.20. The number of guanidine groups is 1. The molecule has 37 heavy (non-hydrogen) atoms. The van der Waals surface area contributed by atoms with Crippen LogP contribution in [0.3, 0.4) is 0 Å². The van der Waals surface area contributed by atoms with Crippen LogP contribution in [0.25, 0.3) is 10.8 Å². The predicted octanol–water partition coefficient (Wildman–Crippen LogP) is 0.518. The summed E-state index contributed by atoms with van der Waals surface area (Å²) in [5, 5.41) is 12.2. The second-order valence-corrected chi connectivity index (χ2v) is 11.4. The van der Waals surface area contributed by atoms with Crippen molar-refractivity contribution in [3.8, 4) is 0 Å². The molecule has 0 aromatic heterocycles. The fourth-order valence-electron chi connectivity index (χ4n) is 5.02. The summed E-state index contributed by atoms with van der Waals surface area (Å²) in [6.07, 6.45) is 2.76. The molecule has 1 saturated carbocycles. The molecule has 4 rings (SSSR count). The van der Waals surface area contributed by atoms with Crippen molar-refractivity contribution in [2.75, 3.05) is 20.1 Å². The molecule has 0 spiro atoms. The van der Waals surface area contributed by atoms with Crippen LogP contribution < -0.4 is 21.5 Å². The van der Waals surface area contributed by atoms with Gasteiger partial charge in [-0.1, -0.05) is 30.3 Å². The van der Waals surface area contributed by atoms with Crippen molar-refractivity contribution in [3.63, 3.8) is 0 Å². The molecule has 3 unspecified atom stereocenters. The number of nitrogens with two attached hydrogens (primary N) is 1. The molecule has 2 aromatic rings. The first-order chi connectivity index (χ1) is 17.5. The first-order valence-corrected chi connectivity index (χ1v) is 13.6. The molecule has 2 aromatic carbocycles. The largest absolute Gasteiger partial charge is 0.368 e. The third kappa shape index (κ3) is 5.42. The summed E-state index contributed by atoms with van der Waals surface area (Å²) < 4.78 is 28.6. The maximum atomic E-state index is 13.4. The van der Waals surface area contributed by atoms with Gasteiger partial charge in [0.05, 0.1) is 28.3 Å². The van der Waals surface area contributed by atoms with Gasteiger partial charge in [-0.25, -0.2) is 23.9 Å². The molecule has 1 aliphatic carbocycles. The van der Waals surface area contributed by atoms with E-state index in [-0.39, 0.29) is 16.8 Å². The molecule has 2 aliphatic rings. The molecule has 1 radical (unpaired) electrons. The van der Waals surface area contributed by atoms with Crippen molar-refractivity contribution >= 4 is 44.7 Å². The number of hydrogen-bond acceptors (Lipinski definition) is 6. The average molecular weight is 527 g/mol. The molecule has 1 heterocycles. The minimum atomic E-state index is -4.06. The minimum Gasteiger partial charge on any atom is -0.368 e. The third-order valence-corrected chi connectivity index (χ3v) is 8.74. The zero-order chi connectivity index (χ0) is 27.0. The number of carbonyl (C=O) groups excluding carboxylic acids is 2. The number of nitrogens with zero attached hydrogens (tertiary/aromatic N) is 2. The van der Waals surface area contributed by atoms with E-state index in [4.69, 9.17) is 16.9 Å². The van der Waals surface area contributed by atoms with Gasteiger partial charge in [-0.05, 0) is 49.2 Å². The molecule has 11 nitrogen and oxygen atoms in total. The van der Waals surface area contributed by atoms with Gasteiger partial charge in [-0.15, -0.1) is 0 Å². The van der Waals surface area contributed by atoms with Gasteiger partial charge >= 0.3 is 0 Å². The highest BCUT2D eigenvalue weighted by Gasteiger charge is 2.70. The fraction of sp³-hybridized carbons (Fsp3) is 0.440. The Morgan fingerprint density at radius 1 is 1.24 bits per heavy atom. The summed E-state index contributed by atoms with van der Waals surface area (Å²) in [6.45, 7) is 2.88. The fourth-order valence-corrected chi connectivity index (χ4v) is 6.26. The van der Waals surface area contributed by atoms with E-state index in [2.05, 4.69) is 15.0 Å². The van der Waals surface area contributed by atoms with Crippen LogP contribution in [-0.2, 0) is 19.6 Å². The average Bonchev–Trinajstić information content (AvgIpc) is 3.51. The Balaban J connectivity index is 1.54. The van der Waals surface area contributed by atoms with Gasteiger partial charge in [0.15, 0.2) is 5.78 Å². The van der Waals surface area contributed by atoms with E-state index in [1.165, 1.54) is 19.1 Å². The Labute approximate surface area is 216 Å². The predicted molar refractivity (Wildman–Crippen MR) is 141 cm³/mol. The lowest BCUT2D eigenvalue weighted by Gasteiger charge is -2.32. The lowest BCUT2D eigenvalue weighted by atomic mass is 10.0. The van der Waals surface area contributed by atoms with Crippen molar-refractivity contribution < 1.29 is 18.0 Å². The molecule has 12 heteroatoms. The van der Waals surface area contributed by atoms with Crippen LogP contribution >= 0.6 is 0 Å². The number of Topliss-reactive ketones (excluding diaryl/α,β-unsaturated/α-hetero) is 1. The Morgan fingerprint density at radius 2 is 1.95 bits per heavy atom. The number of fused-ring (bicyclic) bond motifs is 1. The van der Waals surface area contributed by atoms with Gasteiger partial charge in [0.1, 0.15) is 0 Å². The highest BCUT2D eigenvalue weighted by Crippen LogP contribution is 2.51. The summed E-state index contributed by atoms with van der Waals surface area (Å²) in [4.78, 5) is 32.0. The van der Waals surface area contributed by atoms with Gasteiger partial charge in [0.2, 0.25) is 21.9 Å². The Kier molecular flexibility index (Phi) is 7.47. The topological polar surface area (TPSA) is 182 Å². The molecular weight excluding hydrogens is 494 g/mol. The van der Waals surface area contributed by atoms with Crippen molar-refractivity contribution in [1.29, 1.82) is 5.41 Å². The van der Waals surface area contributed by atoms with Gasteiger partial charge < -0.3 is 16.0 Å². The Bertz CT molecular complexity index is 1360. The number of hydrogen-bond donors (Lipinski definition) is 4. The van der Waals surface area contributed by atoms with Crippen LogP contribution in [0.15, 0.2) is 52.4 Å². The smallest absolute Gasteiger partial charge is 0.241 e. The number of amides is 1. The van der Waals surface area contributed by atoms with Crippen molar-refractivity contribution in [2.24, 2.45) is 22.6 Å². The number of piperidine rings is 1. The lowest BCUT2D eigenvalue weighted by molar-refractivity contribution is -0.135. The molecule has 197 valence electrons. The molecule has 0 bridgehead atoms. The summed E-state index contributed by atoms with van der Waals surface area (Å²) in [6, 6.07) is 10.7. The van der Waals surface area contributed by atoms with E-state index in [9.17, 15) is 18.0 Å². The number of carbonyl (C=O) groups is 2. The lowest BCUT2D eigenvalue weighted by Crippen LogP contribution is -2.48. The SMILES string of the molecule is C[C@@H](NS(=O)(=O)c1ccc2ccccc2c1)C(=O)C1[C@@H](C(=O)N(C)C2CCCNC2)C1([NH])C=NC(=N)N. The van der Waals surface area contributed by atoms with Gasteiger partial charge in [0, 0.05) is 25.8 Å². The molecule has 2 fully saturated rings. The van der Waals surface area contributed by atoms with Gasteiger partial charge in [0.25, 0.3) is 0 Å². The van der Waals surface area contributed by atoms with Crippen molar-refractivity contribution in [2.45, 2.75) is 42.3 Å². The van der Waals surface area contributed by atoms with Crippen LogP contribution in [0.5, 0.6) is 0 Å². The Hall–Kier alpha value is -3.19. The molecule has 6 N–H and O–H groups in total. The van der Waals surface area contributed by atoms with Crippen molar-refractivity contribution in [3.05, 3.63) is 42.5 Å². The van der Waals surface area contributed by atoms with E-state index in [1.807, 2.05) is 12.1 Å². The second kappa shape index (κ2) is 10.3. The number of ketones is 1. The maximum Gasteiger partial charge on any atom is 0.241 e. The maximum absolute atomic E-state index is 13.4. The van der Waals surface area contributed by atoms with E-state index in [0.29, 0.717) is 6.54 Å². The van der Waals surface area contributed by atoms with Crippen LogP contribution in [0, 0.1) is 17.2 Å². The number of nitrogens with one attached hydrogen (secondary N) is 4. The Morgan fingerprint density at radius 3 is 2.59 bits per heavy atom. The van der Waals surface area contributed by atoms with Crippen LogP contribution in [0.4, 0.5) is 0 Å². The van der Waals surface area contributed by atoms with Crippen LogP contribution in [0.2, 0.25) is 0 Å². The van der Waals surface area contributed by atoms with Gasteiger partial charge in [-0.3, -0.25) is 15.0 Å². The summed E-state index contributed by atoms with van der Waals surface area (Å²) in [7, 11) is -2.41. The molecule has 1 saturated heterocycles. The first-order valence-electron chi connectivity index (χ1n) is 12.1. The van der Waals surface area contributed by atoms with Gasteiger partial charge in [-0.2, -0.15) is 0 Å². The molecular formula is C25H32N7O4S. The normalized spacial score (nSPS) is 26.6. The highest BCUT2D eigenvalue weighted by atomic mass is 32.2. The number of rotatable bonds is 8. The van der Waals surface area contributed by atoms with E-state index < -0.39 is 45.2 Å². The zero-order valence-corrected chi connectivity index (χ0v) is 21.6. The van der Waals surface area contributed by atoms with E-state index in [0.717, 1.165) is 36.4 Å². The summed E-state index contributed by atoms with van der Waals surface area (Å²) in [5.41, 5.74) is 12.4.